The fourth-order valence-corrected chi connectivity index (χ4v) is 2.65. The predicted octanol–water partition coefficient (Wildman–Crippen LogP) is 1.81. The fourth-order valence-electron chi connectivity index (χ4n) is 2.53. The number of nitrogens with zero attached hydrogens (tertiary/aromatic N) is 1. The average Bonchev–Trinajstić information content (AvgIpc) is 2.65. The first-order valence-electron chi connectivity index (χ1n) is 6.95. The van der Waals surface area contributed by atoms with E-state index < -0.39 is 6.17 Å². The lowest BCUT2D eigenvalue weighted by atomic mass is 9.96. The molecule has 0 fully saturated rings. The second-order valence-corrected chi connectivity index (χ2v) is 5.49. The van der Waals surface area contributed by atoms with Gasteiger partial charge in [0.1, 0.15) is 0 Å². The maximum atomic E-state index is 12.4. The van der Waals surface area contributed by atoms with E-state index >= 15 is 0 Å². The topological polar surface area (TPSA) is 67.5 Å². The largest absolute Gasteiger partial charge is 0.376 e. The number of hydrogen-bond acceptors (Lipinski definition) is 3. The first-order valence-corrected chi connectivity index (χ1v) is 7.36. The summed E-state index contributed by atoms with van der Waals surface area (Å²) in [5, 5.41) is 2.85. The number of benzene rings is 2. The molecule has 1 aliphatic rings. The highest BCUT2D eigenvalue weighted by Gasteiger charge is 2.25. The van der Waals surface area contributed by atoms with Crippen LogP contribution in [-0.2, 0) is 11.2 Å². The van der Waals surface area contributed by atoms with Crippen molar-refractivity contribution in [2.45, 2.75) is 12.6 Å². The molecule has 0 radical (unpaired) electrons. The molecule has 1 aliphatic heterocycles. The van der Waals surface area contributed by atoms with Gasteiger partial charge in [-0.25, -0.2) is 0 Å². The number of hydrogen-bond donors (Lipinski definition) is 2. The Bertz CT molecular complexity index is 756. The van der Waals surface area contributed by atoms with Crippen LogP contribution in [0.3, 0.4) is 0 Å². The van der Waals surface area contributed by atoms with E-state index in [-0.39, 0.29) is 10.9 Å². The number of rotatable bonds is 2. The molecule has 0 amide bonds. The van der Waals surface area contributed by atoms with Crippen molar-refractivity contribution in [1.29, 1.82) is 0 Å². The van der Waals surface area contributed by atoms with Crippen molar-refractivity contribution in [1.82, 2.24) is 5.32 Å². The van der Waals surface area contributed by atoms with E-state index in [1.165, 1.54) is 0 Å². The molecule has 1 atom stereocenters. The number of nitrogens with two attached hydrogens (primary N) is 1. The van der Waals surface area contributed by atoms with Crippen LogP contribution in [0.4, 0.5) is 0 Å². The van der Waals surface area contributed by atoms with Gasteiger partial charge in [0.05, 0.1) is 5.71 Å². The number of carbonyl (C=O) groups is 1. The SMILES string of the molecule is NC(=S)NC1N=C(c2ccccc2)c2ccccc2CC1=O. The van der Waals surface area contributed by atoms with Crippen molar-refractivity contribution in [3.8, 4) is 0 Å². The number of thiocarbonyl (C=S) groups is 1. The number of aliphatic imine (C=N–C) groups is 1. The number of nitrogens with one attached hydrogen (secondary N) is 1. The Balaban J connectivity index is 2.15. The summed E-state index contributed by atoms with van der Waals surface area (Å²) >= 11 is 4.86. The van der Waals surface area contributed by atoms with Gasteiger partial charge in [-0.3, -0.25) is 9.79 Å². The monoisotopic (exact) mass is 309 g/mol. The first-order chi connectivity index (χ1) is 10.6. The Morgan fingerprint density at radius 1 is 1.14 bits per heavy atom. The fraction of sp³-hybridized carbons (Fsp3) is 0.118. The van der Waals surface area contributed by atoms with Crippen molar-refractivity contribution in [3.05, 3.63) is 71.3 Å². The Kier molecular flexibility index (Phi) is 3.98. The average molecular weight is 309 g/mol. The number of fused-ring (bicyclic) bond motifs is 1. The minimum Gasteiger partial charge on any atom is -0.376 e. The number of ketones is 1. The molecule has 0 bridgehead atoms. The molecule has 2 aromatic carbocycles. The van der Waals surface area contributed by atoms with Gasteiger partial charge in [0, 0.05) is 17.5 Å². The standard InChI is InChI=1S/C17H15N3OS/c18-17(22)20-16-14(21)10-12-8-4-5-9-13(12)15(19-16)11-6-2-1-3-7-11/h1-9,16H,10H2,(H3,18,20,22). The Labute approximate surface area is 134 Å². The van der Waals surface area contributed by atoms with E-state index in [1.54, 1.807) is 0 Å². The third-order valence-corrected chi connectivity index (χ3v) is 3.64. The zero-order valence-corrected chi connectivity index (χ0v) is 12.6. The lowest BCUT2D eigenvalue weighted by Gasteiger charge is -2.13. The van der Waals surface area contributed by atoms with Gasteiger partial charge < -0.3 is 11.1 Å². The Hall–Kier alpha value is -2.53. The smallest absolute Gasteiger partial charge is 0.181 e. The molecular formula is C17H15N3OS. The van der Waals surface area contributed by atoms with Gasteiger partial charge in [-0.15, -0.1) is 0 Å². The van der Waals surface area contributed by atoms with E-state index in [0.29, 0.717) is 6.42 Å². The van der Waals surface area contributed by atoms with Gasteiger partial charge in [-0.1, -0.05) is 54.6 Å². The van der Waals surface area contributed by atoms with Crippen LogP contribution in [0.5, 0.6) is 0 Å². The first kappa shape index (κ1) is 14.4. The molecular weight excluding hydrogens is 294 g/mol. The summed E-state index contributed by atoms with van der Waals surface area (Å²) in [6.07, 6.45) is -0.448. The van der Waals surface area contributed by atoms with Crippen LogP contribution < -0.4 is 11.1 Å². The van der Waals surface area contributed by atoms with E-state index in [0.717, 1.165) is 22.4 Å². The second-order valence-electron chi connectivity index (χ2n) is 5.06. The summed E-state index contributed by atoms with van der Waals surface area (Å²) in [5.74, 6) is -0.0498. The molecule has 0 aromatic heterocycles. The van der Waals surface area contributed by atoms with Crippen LogP contribution in [0.1, 0.15) is 16.7 Å². The summed E-state index contributed by atoms with van der Waals surface area (Å²) in [7, 11) is 0. The molecule has 110 valence electrons. The van der Waals surface area contributed by atoms with Crippen LogP contribution in [0.15, 0.2) is 59.6 Å². The maximum absolute atomic E-state index is 12.4. The molecule has 0 saturated heterocycles. The summed E-state index contributed by atoms with van der Waals surface area (Å²) in [4.78, 5) is 17.0. The molecule has 0 saturated carbocycles. The molecule has 4 nitrogen and oxygen atoms in total. The molecule has 3 N–H and O–H groups in total. The normalized spacial score (nSPS) is 17.2. The summed E-state index contributed by atoms with van der Waals surface area (Å²) < 4.78 is 0. The van der Waals surface area contributed by atoms with Crippen LogP contribution in [0.25, 0.3) is 0 Å². The van der Waals surface area contributed by atoms with Crippen molar-refractivity contribution in [2.75, 3.05) is 0 Å². The van der Waals surface area contributed by atoms with E-state index in [2.05, 4.69) is 10.3 Å². The molecule has 1 unspecified atom stereocenters. The second kappa shape index (κ2) is 6.07. The van der Waals surface area contributed by atoms with Gasteiger partial charge in [-0.2, -0.15) is 0 Å². The lowest BCUT2D eigenvalue weighted by molar-refractivity contribution is -0.119. The van der Waals surface area contributed by atoms with Crippen molar-refractivity contribution in [3.63, 3.8) is 0 Å². The molecule has 22 heavy (non-hydrogen) atoms. The predicted molar refractivity (Wildman–Crippen MR) is 90.9 cm³/mol. The third kappa shape index (κ3) is 2.89. The molecule has 3 rings (SSSR count). The van der Waals surface area contributed by atoms with Crippen molar-refractivity contribution < 1.29 is 4.79 Å². The van der Waals surface area contributed by atoms with Crippen molar-refractivity contribution >= 4 is 28.8 Å². The molecule has 1 heterocycles. The minimum absolute atomic E-state index is 0.0498. The van der Waals surface area contributed by atoms with E-state index in [9.17, 15) is 4.79 Å². The zero-order valence-electron chi connectivity index (χ0n) is 11.8. The highest BCUT2D eigenvalue weighted by atomic mass is 32.1. The highest BCUT2D eigenvalue weighted by Crippen LogP contribution is 2.21. The summed E-state index contributed by atoms with van der Waals surface area (Å²) in [6.45, 7) is 0. The van der Waals surface area contributed by atoms with E-state index in [1.807, 2.05) is 54.6 Å². The number of carbonyl (C=O) groups excluding carboxylic acids is 1. The quantitative estimate of drug-likeness (QED) is 0.830. The summed E-state index contributed by atoms with van der Waals surface area (Å²) in [6, 6.07) is 17.6. The van der Waals surface area contributed by atoms with Crippen LogP contribution >= 0.6 is 12.2 Å². The molecule has 2 aromatic rings. The van der Waals surface area contributed by atoms with Gasteiger partial charge in [0.2, 0.25) is 0 Å². The minimum atomic E-state index is -0.750. The van der Waals surface area contributed by atoms with Crippen LogP contribution in [0.2, 0.25) is 0 Å². The molecule has 0 spiro atoms. The van der Waals surface area contributed by atoms with Gasteiger partial charge >= 0.3 is 0 Å². The van der Waals surface area contributed by atoms with Crippen molar-refractivity contribution in [2.24, 2.45) is 10.7 Å². The van der Waals surface area contributed by atoms with Gasteiger partial charge in [0.15, 0.2) is 17.1 Å². The lowest BCUT2D eigenvalue weighted by Crippen LogP contribution is -2.42. The maximum Gasteiger partial charge on any atom is 0.181 e. The van der Waals surface area contributed by atoms with Gasteiger partial charge in [0.25, 0.3) is 0 Å². The zero-order chi connectivity index (χ0) is 15.5. The number of Topliss-reactive ketones (excluding diaryl/α,β-unsaturated/α-hetero) is 1. The third-order valence-electron chi connectivity index (χ3n) is 3.53. The van der Waals surface area contributed by atoms with Crippen LogP contribution in [-0.4, -0.2) is 22.8 Å². The van der Waals surface area contributed by atoms with Gasteiger partial charge in [-0.05, 0) is 17.8 Å². The summed E-state index contributed by atoms with van der Waals surface area (Å²) in [5.41, 5.74) is 9.18. The van der Waals surface area contributed by atoms with E-state index in [4.69, 9.17) is 18.0 Å². The van der Waals surface area contributed by atoms with Crippen LogP contribution in [0, 0.1) is 0 Å². The Morgan fingerprint density at radius 2 is 1.82 bits per heavy atom. The highest BCUT2D eigenvalue weighted by molar-refractivity contribution is 7.80. The molecule has 5 heteroatoms. The Morgan fingerprint density at radius 3 is 2.55 bits per heavy atom. The molecule has 0 aliphatic carbocycles.